The van der Waals surface area contributed by atoms with Crippen molar-refractivity contribution in [3.63, 3.8) is 0 Å². The number of aldehydes is 1. The van der Waals surface area contributed by atoms with Crippen molar-refractivity contribution in [3.05, 3.63) is 111 Å². The number of ether oxygens (including phenoxy) is 3. The van der Waals surface area contributed by atoms with Crippen LogP contribution in [-0.4, -0.2) is 54.1 Å². The molecule has 3 heterocycles. The molecule has 11 nitrogen and oxygen atoms in total. The molecule has 1 unspecified atom stereocenters. The van der Waals surface area contributed by atoms with Crippen LogP contribution in [0.5, 0.6) is 23.0 Å². The first-order valence-corrected chi connectivity index (χ1v) is 14.0. The first-order valence-electron chi connectivity index (χ1n) is 14.0. The van der Waals surface area contributed by atoms with Gasteiger partial charge in [-0.05, 0) is 54.6 Å². The second-order valence-corrected chi connectivity index (χ2v) is 9.62. The summed E-state index contributed by atoms with van der Waals surface area (Å²) >= 11 is 0. The van der Waals surface area contributed by atoms with Gasteiger partial charge in [-0.3, -0.25) is 0 Å². The van der Waals surface area contributed by atoms with Gasteiger partial charge in [0.2, 0.25) is 0 Å². The molecule has 3 aromatic carbocycles. The average Bonchev–Trinajstić information content (AvgIpc) is 3.05. The Hall–Kier alpha value is -5.39. The molecule has 1 atom stereocenters. The minimum Gasteiger partial charge on any atom is -0.508 e. The number of hydrogen-bond acceptors (Lipinski definition) is 11. The lowest BCUT2D eigenvalue weighted by atomic mass is 10.1. The zero-order valence-electron chi connectivity index (χ0n) is 24.2. The first kappa shape index (κ1) is 32.5. The van der Waals surface area contributed by atoms with Crippen LogP contribution in [-0.2, 0) is 4.79 Å². The minimum absolute atomic E-state index is 0.0943. The van der Waals surface area contributed by atoms with Gasteiger partial charge in [0.15, 0.2) is 0 Å². The molecular formula is C34H32O11. The molecule has 0 saturated carbocycles. The number of fused-ring (bicyclic) bond motifs is 3. The number of benzene rings is 3. The van der Waals surface area contributed by atoms with Crippen molar-refractivity contribution >= 4 is 34.3 Å². The highest BCUT2D eigenvalue weighted by Crippen LogP contribution is 2.28. The van der Waals surface area contributed by atoms with Gasteiger partial charge in [-0.2, -0.15) is 0 Å². The van der Waals surface area contributed by atoms with E-state index in [2.05, 4.69) is 0 Å². The second kappa shape index (κ2) is 16.5. The number of aliphatic hydroxyl groups excluding tert-OH is 2. The molecule has 0 bridgehead atoms. The lowest BCUT2D eigenvalue weighted by Crippen LogP contribution is -2.15. The SMILES string of the molecule is O=CCCOc1ccc2c(c1)OCC=C2.O=c1ccc2ccc(O)cc2o1.O=c1ccc2ccc(OCCC(O)CO)cc2o1. The van der Waals surface area contributed by atoms with E-state index in [1.165, 1.54) is 18.2 Å². The van der Waals surface area contributed by atoms with E-state index in [1.807, 2.05) is 30.4 Å². The minimum atomic E-state index is -0.775. The fourth-order valence-electron chi connectivity index (χ4n) is 3.99. The summed E-state index contributed by atoms with van der Waals surface area (Å²) in [4.78, 5) is 31.9. The van der Waals surface area contributed by atoms with Crippen molar-refractivity contribution in [2.75, 3.05) is 26.4 Å². The molecule has 0 aliphatic carbocycles. The van der Waals surface area contributed by atoms with E-state index in [4.69, 9.17) is 38.4 Å². The van der Waals surface area contributed by atoms with Crippen molar-refractivity contribution in [2.24, 2.45) is 0 Å². The maximum atomic E-state index is 11.1. The third-order valence-electron chi connectivity index (χ3n) is 6.25. The summed E-state index contributed by atoms with van der Waals surface area (Å²) in [7, 11) is 0. The van der Waals surface area contributed by atoms with Crippen LogP contribution in [0.2, 0.25) is 0 Å². The van der Waals surface area contributed by atoms with Crippen molar-refractivity contribution < 1.29 is 43.2 Å². The van der Waals surface area contributed by atoms with Crippen molar-refractivity contribution in [1.82, 2.24) is 0 Å². The number of hydrogen-bond donors (Lipinski definition) is 3. The van der Waals surface area contributed by atoms with E-state index in [0.717, 1.165) is 34.1 Å². The third-order valence-corrected chi connectivity index (χ3v) is 6.25. The largest absolute Gasteiger partial charge is 0.508 e. The zero-order valence-corrected chi connectivity index (χ0v) is 24.2. The second-order valence-electron chi connectivity index (χ2n) is 9.62. The number of aliphatic hydroxyl groups is 2. The van der Waals surface area contributed by atoms with Crippen LogP contribution >= 0.6 is 0 Å². The van der Waals surface area contributed by atoms with Gasteiger partial charge in [-0.1, -0.05) is 6.08 Å². The topological polar surface area (TPSA) is 166 Å². The Morgan fingerprint density at radius 3 is 2.13 bits per heavy atom. The van der Waals surface area contributed by atoms with Crippen molar-refractivity contribution in [1.29, 1.82) is 0 Å². The fourth-order valence-corrected chi connectivity index (χ4v) is 3.99. The number of aromatic hydroxyl groups is 1. The Morgan fingerprint density at radius 1 is 0.800 bits per heavy atom. The summed E-state index contributed by atoms with van der Waals surface area (Å²) in [6, 6.07) is 21.5. The van der Waals surface area contributed by atoms with Crippen LogP contribution in [0.4, 0.5) is 0 Å². The highest BCUT2D eigenvalue weighted by atomic mass is 16.5. The Bertz CT molecular complexity index is 1860. The smallest absolute Gasteiger partial charge is 0.336 e. The van der Waals surface area contributed by atoms with E-state index in [-0.39, 0.29) is 19.0 Å². The third kappa shape index (κ3) is 10.1. The summed E-state index contributed by atoms with van der Waals surface area (Å²) in [6.45, 7) is 1.02. The van der Waals surface area contributed by atoms with Gasteiger partial charge < -0.3 is 43.2 Å². The predicted molar refractivity (Wildman–Crippen MR) is 167 cm³/mol. The van der Waals surface area contributed by atoms with Crippen LogP contribution < -0.4 is 25.5 Å². The van der Waals surface area contributed by atoms with E-state index >= 15 is 0 Å². The molecule has 2 aromatic heterocycles. The molecule has 0 radical (unpaired) electrons. The average molecular weight is 617 g/mol. The number of phenolic OH excluding ortho intramolecular Hbond substituents is 1. The Morgan fingerprint density at radius 2 is 1.42 bits per heavy atom. The van der Waals surface area contributed by atoms with Gasteiger partial charge in [0.05, 0.1) is 25.9 Å². The van der Waals surface area contributed by atoms with Crippen LogP contribution in [0.25, 0.3) is 28.0 Å². The highest BCUT2D eigenvalue weighted by Gasteiger charge is 2.07. The molecule has 0 saturated heterocycles. The molecule has 0 amide bonds. The van der Waals surface area contributed by atoms with Crippen LogP contribution in [0.15, 0.2) is 103 Å². The molecule has 0 spiro atoms. The summed E-state index contributed by atoms with van der Waals surface area (Å²) < 4.78 is 26.1. The Kier molecular flexibility index (Phi) is 11.9. The Labute approximate surface area is 257 Å². The molecule has 1 aliphatic heterocycles. The summed E-state index contributed by atoms with van der Waals surface area (Å²) in [5.41, 5.74) is 1.11. The number of rotatable bonds is 9. The van der Waals surface area contributed by atoms with Gasteiger partial charge in [-0.25, -0.2) is 9.59 Å². The van der Waals surface area contributed by atoms with Crippen LogP contribution in [0, 0.1) is 0 Å². The Balaban J connectivity index is 0.000000157. The van der Waals surface area contributed by atoms with Gasteiger partial charge in [-0.15, -0.1) is 0 Å². The summed E-state index contributed by atoms with van der Waals surface area (Å²) in [5, 5.41) is 28.5. The number of phenols is 1. The molecule has 11 heteroatoms. The molecule has 45 heavy (non-hydrogen) atoms. The first-order chi connectivity index (χ1) is 21.8. The number of carbonyl (C=O) groups excluding carboxylic acids is 1. The lowest BCUT2D eigenvalue weighted by Gasteiger charge is -2.13. The van der Waals surface area contributed by atoms with E-state index in [0.29, 0.717) is 43.0 Å². The van der Waals surface area contributed by atoms with Gasteiger partial charge >= 0.3 is 11.3 Å². The van der Waals surface area contributed by atoms with Crippen molar-refractivity contribution in [3.8, 4) is 23.0 Å². The van der Waals surface area contributed by atoms with Crippen LogP contribution in [0.3, 0.4) is 0 Å². The summed E-state index contributed by atoms with van der Waals surface area (Å²) in [6.07, 6.45) is 4.81. The predicted octanol–water partition coefficient (Wildman–Crippen LogP) is 4.47. The highest BCUT2D eigenvalue weighted by molar-refractivity contribution is 5.78. The molecule has 0 fully saturated rings. The van der Waals surface area contributed by atoms with Gasteiger partial charge in [0, 0.05) is 59.5 Å². The summed E-state index contributed by atoms with van der Waals surface area (Å²) in [5.74, 6) is 2.23. The van der Waals surface area contributed by atoms with E-state index in [1.54, 1.807) is 42.5 Å². The number of carbonyl (C=O) groups is 1. The maximum absolute atomic E-state index is 11.1. The van der Waals surface area contributed by atoms with E-state index in [9.17, 15) is 14.4 Å². The fraction of sp³-hybridized carbons (Fsp3) is 0.206. The molecule has 6 rings (SSSR count). The van der Waals surface area contributed by atoms with E-state index < -0.39 is 17.4 Å². The zero-order chi connectivity index (χ0) is 32.0. The standard InChI is InChI=1S/C13H14O5.C12H12O3.C9H6O3/c14-8-10(15)5-6-17-11-3-1-9-2-4-13(16)18-12(9)7-11;13-6-2-8-14-11-5-4-10-3-1-7-15-12(10)9-11;10-7-3-1-6-2-4-9(11)12-8(6)5-7/h1-4,7,10,14-15H,5-6,8H2;1,3-6,9H,2,7-8H2;1-5,10H. The van der Waals surface area contributed by atoms with Crippen molar-refractivity contribution in [2.45, 2.75) is 18.9 Å². The maximum Gasteiger partial charge on any atom is 0.336 e. The molecule has 3 N–H and O–H groups in total. The molecule has 234 valence electrons. The lowest BCUT2D eigenvalue weighted by molar-refractivity contribution is -0.108. The quantitative estimate of drug-likeness (QED) is 0.121. The molecule has 1 aliphatic rings. The monoisotopic (exact) mass is 616 g/mol. The molecule has 5 aromatic rings. The van der Waals surface area contributed by atoms with Gasteiger partial charge in [0.1, 0.15) is 47.1 Å². The van der Waals surface area contributed by atoms with Gasteiger partial charge in [0.25, 0.3) is 0 Å². The van der Waals surface area contributed by atoms with Crippen LogP contribution in [0.1, 0.15) is 18.4 Å². The molecular weight excluding hydrogens is 584 g/mol. The normalized spacial score (nSPS) is 12.0.